The van der Waals surface area contributed by atoms with Crippen LogP contribution in [0.2, 0.25) is 0 Å². The van der Waals surface area contributed by atoms with Crippen LogP contribution in [0.3, 0.4) is 0 Å². The van der Waals surface area contributed by atoms with Crippen LogP contribution in [0, 0.1) is 0 Å². The molecule has 0 fully saturated rings. The van der Waals surface area contributed by atoms with E-state index in [0.717, 1.165) is 44.3 Å². The molecule has 200 valence electrons. The van der Waals surface area contributed by atoms with E-state index in [1.54, 1.807) is 12.1 Å². The number of benzene rings is 5. The topological polar surface area (TPSA) is 84.2 Å². The molecule has 6 heteroatoms. The van der Waals surface area contributed by atoms with Gasteiger partial charge in [0, 0.05) is 11.9 Å². The fourth-order valence-corrected chi connectivity index (χ4v) is 4.97. The number of nitrogens with zero attached hydrogens (tertiary/aromatic N) is 2. The van der Waals surface area contributed by atoms with E-state index < -0.39 is 5.97 Å². The van der Waals surface area contributed by atoms with Crippen LogP contribution in [0.15, 0.2) is 128 Å². The Bertz CT molecular complexity index is 1830. The van der Waals surface area contributed by atoms with Gasteiger partial charge in [-0.2, -0.15) is 5.10 Å². The summed E-state index contributed by atoms with van der Waals surface area (Å²) in [4.78, 5) is 24.8. The van der Waals surface area contributed by atoms with E-state index in [9.17, 15) is 9.59 Å². The zero-order valence-corrected chi connectivity index (χ0v) is 22.2. The molecule has 0 radical (unpaired) electrons. The Kier molecular flexibility index (Phi) is 7.11. The third-order valence-electron chi connectivity index (χ3n) is 7.13. The predicted molar refractivity (Wildman–Crippen MR) is 161 cm³/mol. The lowest BCUT2D eigenvalue weighted by molar-refractivity contribution is 0.0696. The third-order valence-corrected chi connectivity index (χ3v) is 7.13. The fraction of sp³-hybridized carbons (Fsp3) is 0.0571. The molecule has 1 aromatic heterocycles. The number of aromatic carboxylic acids is 1. The molecule has 0 saturated carbocycles. The number of carbonyl (C=O) groups is 2. The number of aromatic nitrogens is 2. The largest absolute Gasteiger partial charge is 0.478 e. The summed E-state index contributed by atoms with van der Waals surface area (Å²) >= 11 is 0. The van der Waals surface area contributed by atoms with Crippen LogP contribution >= 0.6 is 0 Å². The second kappa shape index (κ2) is 11.3. The van der Waals surface area contributed by atoms with Crippen molar-refractivity contribution in [3.8, 4) is 22.3 Å². The highest BCUT2D eigenvalue weighted by atomic mass is 16.4. The molecule has 0 atom stereocenters. The Morgan fingerprint density at radius 1 is 0.683 bits per heavy atom. The minimum Gasteiger partial charge on any atom is -0.478 e. The number of carboxylic acids is 1. The first-order valence-corrected chi connectivity index (χ1v) is 13.3. The molecule has 2 N–H and O–H groups in total. The first-order valence-electron chi connectivity index (χ1n) is 13.3. The highest BCUT2D eigenvalue weighted by molar-refractivity contribution is 6.07. The van der Waals surface area contributed by atoms with Crippen molar-refractivity contribution >= 4 is 22.8 Å². The lowest BCUT2D eigenvalue weighted by Gasteiger charge is -2.12. The molecule has 0 saturated heterocycles. The molecule has 0 aliphatic carbocycles. The zero-order chi connectivity index (χ0) is 28.2. The molecule has 0 spiro atoms. The van der Waals surface area contributed by atoms with Crippen LogP contribution in [0.4, 0.5) is 0 Å². The standard InChI is InChI=1S/C35H27N3O3/c39-34(36-21-24-11-17-29(18-12-24)35(40)41)32-20-30(27-9-5-2-6-10-27)19-31-22-37-38(33(31)32)23-25-13-15-28(16-14-25)26-7-3-1-4-8-26/h1-20,22H,21,23H2,(H,36,39)(H,40,41). The summed E-state index contributed by atoms with van der Waals surface area (Å²) in [6.07, 6.45) is 1.81. The van der Waals surface area contributed by atoms with Crippen molar-refractivity contribution in [1.82, 2.24) is 15.1 Å². The number of rotatable bonds is 8. The zero-order valence-electron chi connectivity index (χ0n) is 22.2. The SMILES string of the molecule is O=C(O)c1ccc(CNC(=O)c2cc(-c3ccccc3)cc3cnn(Cc4ccc(-c5ccccc5)cc4)c23)cc1. The van der Waals surface area contributed by atoms with Crippen LogP contribution in [0.1, 0.15) is 31.8 Å². The van der Waals surface area contributed by atoms with Gasteiger partial charge in [0.05, 0.1) is 29.4 Å². The van der Waals surface area contributed by atoms with Crippen molar-refractivity contribution in [2.24, 2.45) is 0 Å². The number of fused-ring (bicyclic) bond motifs is 1. The maximum atomic E-state index is 13.6. The third kappa shape index (κ3) is 5.63. The van der Waals surface area contributed by atoms with Gasteiger partial charge in [0.2, 0.25) is 0 Å². The predicted octanol–water partition coefficient (Wildman–Crippen LogP) is 7.05. The van der Waals surface area contributed by atoms with Gasteiger partial charge in [-0.1, -0.05) is 97.1 Å². The molecular weight excluding hydrogens is 510 g/mol. The van der Waals surface area contributed by atoms with E-state index in [0.29, 0.717) is 12.1 Å². The molecule has 6 nitrogen and oxygen atoms in total. The smallest absolute Gasteiger partial charge is 0.335 e. The van der Waals surface area contributed by atoms with Gasteiger partial charge in [0.25, 0.3) is 5.91 Å². The molecular formula is C35H27N3O3. The Morgan fingerprint density at radius 3 is 1.90 bits per heavy atom. The molecule has 0 unspecified atom stereocenters. The number of carboxylic acid groups (broad SMARTS) is 1. The molecule has 6 rings (SSSR count). The Morgan fingerprint density at radius 2 is 1.27 bits per heavy atom. The summed E-state index contributed by atoms with van der Waals surface area (Å²) in [5.41, 5.74) is 7.63. The van der Waals surface area contributed by atoms with Gasteiger partial charge in [-0.05, 0) is 57.6 Å². The van der Waals surface area contributed by atoms with E-state index in [4.69, 9.17) is 5.11 Å². The summed E-state index contributed by atoms with van der Waals surface area (Å²) in [5.74, 6) is -1.21. The molecule has 0 bridgehead atoms. The van der Waals surface area contributed by atoms with Gasteiger partial charge in [-0.25, -0.2) is 4.79 Å². The maximum absolute atomic E-state index is 13.6. The van der Waals surface area contributed by atoms with Crippen LogP contribution in [-0.4, -0.2) is 26.8 Å². The first kappa shape index (κ1) is 25.8. The normalized spacial score (nSPS) is 10.9. The van der Waals surface area contributed by atoms with Crippen molar-refractivity contribution in [1.29, 1.82) is 0 Å². The summed E-state index contributed by atoms with van der Waals surface area (Å²) < 4.78 is 1.87. The van der Waals surface area contributed by atoms with Crippen molar-refractivity contribution in [2.75, 3.05) is 0 Å². The van der Waals surface area contributed by atoms with Gasteiger partial charge >= 0.3 is 5.97 Å². The van der Waals surface area contributed by atoms with E-state index in [1.807, 2.05) is 65.5 Å². The molecule has 1 amide bonds. The average Bonchev–Trinajstić information content (AvgIpc) is 3.43. The Labute approximate surface area is 237 Å². The van der Waals surface area contributed by atoms with Crippen molar-refractivity contribution < 1.29 is 14.7 Å². The maximum Gasteiger partial charge on any atom is 0.335 e. The van der Waals surface area contributed by atoms with Crippen LogP contribution in [0.5, 0.6) is 0 Å². The van der Waals surface area contributed by atoms with E-state index in [-0.39, 0.29) is 18.0 Å². The first-order chi connectivity index (χ1) is 20.0. The van der Waals surface area contributed by atoms with Crippen molar-refractivity contribution in [2.45, 2.75) is 13.1 Å². The summed E-state index contributed by atoms with van der Waals surface area (Å²) in [7, 11) is 0. The van der Waals surface area contributed by atoms with Gasteiger partial charge in [-0.3, -0.25) is 9.48 Å². The Balaban J connectivity index is 1.32. The van der Waals surface area contributed by atoms with E-state index in [2.05, 4.69) is 52.9 Å². The Hall–Kier alpha value is -5.49. The number of nitrogens with one attached hydrogen (secondary N) is 1. The number of carbonyl (C=O) groups excluding carboxylic acids is 1. The second-order valence-corrected chi connectivity index (χ2v) is 9.88. The van der Waals surface area contributed by atoms with Crippen LogP contribution < -0.4 is 5.32 Å². The minimum absolute atomic E-state index is 0.207. The number of hydrogen-bond donors (Lipinski definition) is 2. The van der Waals surface area contributed by atoms with E-state index >= 15 is 0 Å². The quantitative estimate of drug-likeness (QED) is 0.218. The molecule has 0 aliphatic heterocycles. The molecule has 6 aromatic rings. The van der Waals surface area contributed by atoms with Gasteiger partial charge in [0.15, 0.2) is 0 Å². The molecule has 0 aliphatic rings. The van der Waals surface area contributed by atoms with Crippen LogP contribution in [-0.2, 0) is 13.1 Å². The highest BCUT2D eigenvalue weighted by Crippen LogP contribution is 2.29. The average molecular weight is 538 g/mol. The lowest BCUT2D eigenvalue weighted by Crippen LogP contribution is -2.24. The van der Waals surface area contributed by atoms with Gasteiger partial charge in [0.1, 0.15) is 0 Å². The fourth-order valence-electron chi connectivity index (χ4n) is 4.97. The van der Waals surface area contributed by atoms with Crippen LogP contribution in [0.25, 0.3) is 33.2 Å². The molecule has 1 heterocycles. The number of amides is 1. The molecule has 41 heavy (non-hydrogen) atoms. The molecule has 5 aromatic carbocycles. The van der Waals surface area contributed by atoms with Gasteiger partial charge < -0.3 is 10.4 Å². The summed E-state index contributed by atoms with van der Waals surface area (Å²) in [6.45, 7) is 0.783. The van der Waals surface area contributed by atoms with Gasteiger partial charge in [-0.15, -0.1) is 0 Å². The second-order valence-electron chi connectivity index (χ2n) is 9.88. The minimum atomic E-state index is -0.983. The number of hydrogen-bond acceptors (Lipinski definition) is 3. The van der Waals surface area contributed by atoms with Crippen molar-refractivity contribution in [3.63, 3.8) is 0 Å². The van der Waals surface area contributed by atoms with Crippen molar-refractivity contribution in [3.05, 3.63) is 150 Å². The summed E-state index contributed by atoms with van der Waals surface area (Å²) in [5, 5.41) is 17.7. The monoisotopic (exact) mass is 537 g/mol. The van der Waals surface area contributed by atoms with E-state index in [1.165, 1.54) is 12.1 Å². The highest BCUT2D eigenvalue weighted by Gasteiger charge is 2.18. The lowest BCUT2D eigenvalue weighted by atomic mass is 9.99. The summed E-state index contributed by atoms with van der Waals surface area (Å²) in [6, 6.07) is 39.1.